The summed E-state index contributed by atoms with van der Waals surface area (Å²) in [5, 5.41) is 2.93. The monoisotopic (exact) mass is 358 g/mol. The van der Waals surface area contributed by atoms with Gasteiger partial charge in [0.1, 0.15) is 0 Å². The molecule has 1 aliphatic heterocycles. The van der Waals surface area contributed by atoms with Crippen LogP contribution in [-0.4, -0.2) is 26.6 Å². The van der Waals surface area contributed by atoms with Gasteiger partial charge in [-0.15, -0.1) is 0 Å². The summed E-state index contributed by atoms with van der Waals surface area (Å²) in [7, 11) is -3.32. The second-order valence-corrected chi connectivity index (χ2v) is 8.59. The maximum absolute atomic E-state index is 12.6. The Hall–Kier alpha value is -2.34. The highest BCUT2D eigenvalue weighted by atomic mass is 32.2. The van der Waals surface area contributed by atoms with Crippen molar-refractivity contribution in [3.05, 3.63) is 58.7 Å². The molecule has 2 aromatic carbocycles. The topological polar surface area (TPSA) is 66.5 Å². The molecule has 6 heteroatoms. The average Bonchev–Trinajstić information content (AvgIpc) is 2.84. The molecule has 25 heavy (non-hydrogen) atoms. The number of aryl methyl sites for hydroxylation is 2. The van der Waals surface area contributed by atoms with Crippen molar-refractivity contribution in [3.8, 4) is 0 Å². The summed E-state index contributed by atoms with van der Waals surface area (Å²) in [5.74, 6) is -0.194. The first-order valence-electron chi connectivity index (χ1n) is 8.18. The van der Waals surface area contributed by atoms with Crippen molar-refractivity contribution in [2.24, 2.45) is 0 Å². The second-order valence-electron chi connectivity index (χ2n) is 6.73. The number of amides is 1. The van der Waals surface area contributed by atoms with E-state index in [1.165, 1.54) is 10.6 Å². The van der Waals surface area contributed by atoms with Gasteiger partial charge >= 0.3 is 0 Å². The third-order valence-corrected chi connectivity index (χ3v) is 5.75. The Morgan fingerprint density at radius 2 is 1.88 bits per heavy atom. The quantitative estimate of drug-likeness (QED) is 0.916. The lowest BCUT2D eigenvalue weighted by molar-refractivity contribution is 0.102. The Morgan fingerprint density at radius 1 is 1.16 bits per heavy atom. The van der Waals surface area contributed by atoms with E-state index in [1.54, 1.807) is 18.2 Å². The summed E-state index contributed by atoms with van der Waals surface area (Å²) >= 11 is 0. The number of sulfonamides is 1. The van der Waals surface area contributed by atoms with Crippen LogP contribution in [0.1, 0.15) is 34.0 Å². The third-order valence-electron chi connectivity index (χ3n) is 4.48. The Kier molecular flexibility index (Phi) is 4.33. The largest absolute Gasteiger partial charge is 0.322 e. The van der Waals surface area contributed by atoms with Crippen molar-refractivity contribution in [2.45, 2.75) is 33.2 Å². The number of nitrogens with zero attached hydrogens (tertiary/aromatic N) is 1. The lowest BCUT2D eigenvalue weighted by Gasteiger charge is -2.21. The van der Waals surface area contributed by atoms with Gasteiger partial charge in [0.2, 0.25) is 10.0 Å². The van der Waals surface area contributed by atoms with Crippen LogP contribution in [0.25, 0.3) is 0 Å². The lowest BCUT2D eigenvalue weighted by Crippen LogP contribution is -2.34. The molecule has 1 N–H and O–H groups in total. The van der Waals surface area contributed by atoms with E-state index in [9.17, 15) is 13.2 Å². The van der Waals surface area contributed by atoms with Crippen molar-refractivity contribution in [1.29, 1.82) is 0 Å². The fraction of sp³-hybridized carbons (Fsp3) is 0.316. The van der Waals surface area contributed by atoms with Crippen molar-refractivity contribution >= 4 is 27.3 Å². The molecule has 0 saturated heterocycles. The van der Waals surface area contributed by atoms with E-state index in [4.69, 9.17) is 0 Å². The van der Waals surface area contributed by atoms with E-state index in [0.29, 0.717) is 17.7 Å². The first kappa shape index (κ1) is 17.5. The predicted molar refractivity (Wildman–Crippen MR) is 101 cm³/mol. The summed E-state index contributed by atoms with van der Waals surface area (Å²) < 4.78 is 25.4. The van der Waals surface area contributed by atoms with E-state index in [-0.39, 0.29) is 11.9 Å². The van der Waals surface area contributed by atoms with Gasteiger partial charge in [0, 0.05) is 17.3 Å². The number of nitrogens with one attached hydrogen (secondary N) is 1. The standard InChI is InChI=1S/C19H22N2O3S/c1-12-5-7-17(13(2)9-12)20-19(22)15-6-8-18-16(11-15)10-14(3)21(18)25(4,23)24/h5-9,11,14H,10H2,1-4H3,(H,20,22). The van der Waals surface area contributed by atoms with Crippen molar-refractivity contribution in [2.75, 3.05) is 15.9 Å². The van der Waals surface area contributed by atoms with Gasteiger partial charge in [-0.25, -0.2) is 8.42 Å². The van der Waals surface area contributed by atoms with Gasteiger partial charge in [-0.05, 0) is 62.6 Å². The molecule has 1 unspecified atom stereocenters. The van der Waals surface area contributed by atoms with Gasteiger partial charge in [-0.3, -0.25) is 9.10 Å². The number of hydrogen-bond acceptors (Lipinski definition) is 3. The van der Waals surface area contributed by atoms with Crippen LogP contribution in [0.4, 0.5) is 11.4 Å². The van der Waals surface area contributed by atoms with Gasteiger partial charge in [0.05, 0.1) is 11.9 Å². The van der Waals surface area contributed by atoms with E-state index < -0.39 is 10.0 Å². The predicted octanol–water partition coefficient (Wildman–Crippen LogP) is 3.27. The third kappa shape index (κ3) is 3.39. The molecule has 1 aliphatic rings. The minimum Gasteiger partial charge on any atom is -0.322 e. The van der Waals surface area contributed by atoms with Crippen molar-refractivity contribution in [3.63, 3.8) is 0 Å². The van der Waals surface area contributed by atoms with Crippen molar-refractivity contribution in [1.82, 2.24) is 0 Å². The Bertz CT molecular complexity index is 951. The van der Waals surface area contributed by atoms with Gasteiger partial charge in [0.15, 0.2) is 0 Å². The van der Waals surface area contributed by atoms with Gasteiger partial charge in [0.25, 0.3) is 5.91 Å². The molecule has 0 fully saturated rings. The van der Waals surface area contributed by atoms with E-state index in [0.717, 1.165) is 22.4 Å². The number of rotatable bonds is 3. The minimum absolute atomic E-state index is 0.136. The number of carbonyl (C=O) groups excluding carboxylic acids is 1. The molecule has 0 saturated carbocycles. The normalized spacial score (nSPS) is 16.6. The number of benzene rings is 2. The molecular formula is C19H22N2O3S. The fourth-order valence-electron chi connectivity index (χ4n) is 3.40. The van der Waals surface area contributed by atoms with E-state index in [2.05, 4.69) is 5.32 Å². The smallest absolute Gasteiger partial charge is 0.255 e. The summed E-state index contributed by atoms with van der Waals surface area (Å²) in [6, 6.07) is 10.9. The molecule has 5 nitrogen and oxygen atoms in total. The number of fused-ring (bicyclic) bond motifs is 1. The second kappa shape index (κ2) is 6.19. The molecule has 0 aliphatic carbocycles. The molecule has 1 atom stereocenters. The minimum atomic E-state index is -3.32. The zero-order valence-electron chi connectivity index (χ0n) is 14.8. The van der Waals surface area contributed by atoms with Crippen LogP contribution in [-0.2, 0) is 16.4 Å². The zero-order valence-corrected chi connectivity index (χ0v) is 15.6. The average molecular weight is 358 g/mol. The highest BCUT2D eigenvalue weighted by molar-refractivity contribution is 7.92. The Balaban J connectivity index is 1.88. The molecule has 1 amide bonds. The van der Waals surface area contributed by atoms with Gasteiger partial charge in [-0.1, -0.05) is 17.7 Å². The van der Waals surface area contributed by atoms with Crippen LogP contribution in [0, 0.1) is 13.8 Å². The first-order chi connectivity index (χ1) is 11.7. The van der Waals surface area contributed by atoms with Gasteiger partial charge in [-0.2, -0.15) is 0 Å². The molecule has 1 heterocycles. The molecular weight excluding hydrogens is 336 g/mol. The van der Waals surface area contributed by atoms with E-state index in [1.807, 2.05) is 39.0 Å². The lowest BCUT2D eigenvalue weighted by atomic mass is 10.1. The Labute approximate surface area is 148 Å². The Morgan fingerprint density at radius 3 is 2.52 bits per heavy atom. The van der Waals surface area contributed by atoms with E-state index >= 15 is 0 Å². The van der Waals surface area contributed by atoms with Crippen LogP contribution in [0.5, 0.6) is 0 Å². The summed E-state index contributed by atoms with van der Waals surface area (Å²) in [4.78, 5) is 12.6. The van der Waals surface area contributed by atoms with Crippen LogP contribution in [0.15, 0.2) is 36.4 Å². The molecule has 3 rings (SSSR count). The van der Waals surface area contributed by atoms with Gasteiger partial charge < -0.3 is 5.32 Å². The van der Waals surface area contributed by atoms with Crippen LogP contribution in [0.2, 0.25) is 0 Å². The highest BCUT2D eigenvalue weighted by Crippen LogP contribution is 2.34. The molecule has 132 valence electrons. The molecule has 0 spiro atoms. The fourth-order valence-corrected chi connectivity index (χ4v) is 4.66. The summed E-state index contributed by atoms with van der Waals surface area (Å²) in [6.45, 7) is 5.83. The molecule has 0 radical (unpaired) electrons. The zero-order chi connectivity index (χ0) is 18.4. The molecule has 2 aromatic rings. The maximum atomic E-state index is 12.6. The number of anilines is 2. The maximum Gasteiger partial charge on any atom is 0.255 e. The van der Waals surface area contributed by atoms with Crippen LogP contribution < -0.4 is 9.62 Å². The highest BCUT2D eigenvalue weighted by Gasteiger charge is 2.32. The number of hydrogen-bond donors (Lipinski definition) is 1. The summed E-state index contributed by atoms with van der Waals surface area (Å²) in [5.41, 5.74) is 5.00. The molecule has 0 aromatic heterocycles. The van der Waals surface area contributed by atoms with Crippen molar-refractivity contribution < 1.29 is 13.2 Å². The van der Waals surface area contributed by atoms with Crippen LogP contribution >= 0.6 is 0 Å². The number of carbonyl (C=O) groups is 1. The molecule has 0 bridgehead atoms. The summed E-state index contributed by atoms with van der Waals surface area (Å²) in [6.07, 6.45) is 1.81. The SMILES string of the molecule is Cc1ccc(NC(=O)c2ccc3c(c2)CC(C)N3S(C)(=O)=O)c(C)c1. The first-order valence-corrected chi connectivity index (χ1v) is 10.0. The van der Waals surface area contributed by atoms with Crippen LogP contribution in [0.3, 0.4) is 0 Å².